The molecule has 2 aliphatic heterocycles. The molecule has 1 N–H and O–H groups in total. The van der Waals surface area contributed by atoms with Gasteiger partial charge in [-0.25, -0.2) is 4.98 Å². The summed E-state index contributed by atoms with van der Waals surface area (Å²) >= 11 is 0. The minimum Gasteiger partial charge on any atom is -0.342 e. The van der Waals surface area contributed by atoms with Gasteiger partial charge >= 0.3 is 0 Å². The number of carbonyl (C=O) groups excluding carboxylic acids is 2. The van der Waals surface area contributed by atoms with Crippen LogP contribution < -0.4 is 0 Å². The molecule has 2 aliphatic rings. The number of rotatable bonds is 4. The van der Waals surface area contributed by atoms with Crippen LogP contribution in [-0.4, -0.2) is 51.2 Å². The molecule has 3 heterocycles. The van der Waals surface area contributed by atoms with E-state index in [1.807, 2.05) is 34.1 Å². The van der Waals surface area contributed by atoms with E-state index >= 15 is 0 Å². The fourth-order valence-corrected chi connectivity index (χ4v) is 4.29. The molecule has 0 saturated carbocycles. The first-order valence-corrected chi connectivity index (χ1v) is 10.2. The average Bonchev–Trinajstić information content (AvgIpc) is 3.03. The number of carbonyl (C=O) groups is 2. The number of piperidine rings is 1. The Labute approximate surface area is 159 Å². The number of hydrogen-bond donors (Lipinski definition) is 1. The van der Waals surface area contributed by atoms with Crippen LogP contribution in [0.4, 0.5) is 0 Å². The van der Waals surface area contributed by atoms with E-state index in [0.717, 1.165) is 68.5 Å². The molecule has 2 amide bonds. The van der Waals surface area contributed by atoms with Crippen LogP contribution in [0.5, 0.6) is 0 Å². The van der Waals surface area contributed by atoms with Crippen LogP contribution in [0.25, 0.3) is 11.0 Å². The SMILES string of the molecule is O=C1CCCCCN1CCC(=O)N1CCCCC1c1nc2ccccc2[nH]1. The van der Waals surface area contributed by atoms with Gasteiger partial charge in [-0.1, -0.05) is 18.6 Å². The van der Waals surface area contributed by atoms with Gasteiger partial charge in [0.1, 0.15) is 5.82 Å². The number of H-pyrrole nitrogens is 1. The minimum atomic E-state index is 0.0125. The highest BCUT2D eigenvalue weighted by molar-refractivity contribution is 5.80. The molecule has 0 aliphatic carbocycles. The van der Waals surface area contributed by atoms with Gasteiger partial charge in [-0.05, 0) is 44.2 Å². The summed E-state index contributed by atoms with van der Waals surface area (Å²) in [7, 11) is 0. The van der Waals surface area contributed by atoms with Crippen molar-refractivity contribution in [2.24, 2.45) is 0 Å². The Morgan fingerprint density at radius 3 is 2.85 bits per heavy atom. The van der Waals surface area contributed by atoms with E-state index in [4.69, 9.17) is 4.98 Å². The second kappa shape index (κ2) is 8.11. The fraction of sp³-hybridized carbons (Fsp3) is 0.571. The summed E-state index contributed by atoms with van der Waals surface area (Å²) < 4.78 is 0. The Kier molecular flexibility index (Phi) is 5.41. The number of para-hydroxylation sites is 2. The van der Waals surface area contributed by atoms with Gasteiger partial charge in [-0.15, -0.1) is 0 Å². The molecule has 2 saturated heterocycles. The van der Waals surface area contributed by atoms with Crippen molar-refractivity contribution in [1.82, 2.24) is 19.8 Å². The molecule has 144 valence electrons. The van der Waals surface area contributed by atoms with E-state index in [-0.39, 0.29) is 17.9 Å². The third-order valence-corrected chi connectivity index (χ3v) is 5.81. The van der Waals surface area contributed by atoms with Gasteiger partial charge in [0.2, 0.25) is 11.8 Å². The van der Waals surface area contributed by atoms with Gasteiger partial charge in [0.15, 0.2) is 0 Å². The van der Waals surface area contributed by atoms with Crippen molar-refractivity contribution in [2.75, 3.05) is 19.6 Å². The van der Waals surface area contributed by atoms with Crippen molar-refractivity contribution in [3.8, 4) is 0 Å². The molecule has 1 atom stereocenters. The quantitative estimate of drug-likeness (QED) is 0.899. The number of hydrogen-bond acceptors (Lipinski definition) is 3. The van der Waals surface area contributed by atoms with Gasteiger partial charge < -0.3 is 14.8 Å². The molecule has 0 bridgehead atoms. The molecular formula is C21H28N4O2. The minimum absolute atomic E-state index is 0.0125. The highest BCUT2D eigenvalue weighted by Crippen LogP contribution is 2.31. The van der Waals surface area contributed by atoms with Crippen molar-refractivity contribution >= 4 is 22.8 Å². The van der Waals surface area contributed by atoms with Crippen molar-refractivity contribution in [1.29, 1.82) is 0 Å². The summed E-state index contributed by atoms with van der Waals surface area (Å²) in [6, 6.07) is 8.00. The van der Waals surface area contributed by atoms with Crippen LogP contribution in [-0.2, 0) is 9.59 Å². The normalized spacial score (nSPS) is 21.5. The maximum absolute atomic E-state index is 13.0. The molecule has 2 aromatic rings. The lowest BCUT2D eigenvalue weighted by Gasteiger charge is -2.35. The Morgan fingerprint density at radius 1 is 1.11 bits per heavy atom. The maximum atomic E-state index is 13.0. The fourth-order valence-electron chi connectivity index (χ4n) is 4.29. The number of nitrogens with zero attached hydrogens (tertiary/aromatic N) is 3. The first-order chi connectivity index (χ1) is 13.2. The lowest BCUT2D eigenvalue weighted by molar-refractivity contribution is -0.137. The summed E-state index contributed by atoms with van der Waals surface area (Å²) in [6.45, 7) is 2.11. The second-order valence-electron chi connectivity index (χ2n) is 7.68. The predicted molar refractivity (Wildman–Crippen MR) is 104 cm³/mol. The van der Waals surface area contributed by atoms with Crippen molar-refractivity contribution in [3.05, 3.63) is 30.1 Å². The molecule has 4 rings (SSSR count). The van der Waals surface area contributed by atoms with E-state index in [1.165, 1.54) is 0 Å². The third-order valence-electron chi connectivity index (χ3n) is 5.81. The van der Waals surface area contributed by atoms with Crippen molar-refractivity contribution < 1.29 is 9.59 Å². The number of fused-ring (bicyclic) bond motifs is 1. The Hall–Kier alpha value is -2.37. The first-order valence-electron chi connectivity index (χ1n) is 10.2. The number of aromatic amines is 1. The Morgan fingerprint density at radius 2 is 1.96 bits per heavy atom. The standard InChI is InChI=1S/C21H28N4O2/c26-19-11-2-1-6-13-24(19)15-12-20(27)25-14-7-5-10-18(25)21-22-16-8-3-4-9-17(16)23-21/h3-4,8-9,18H,1-2,5-7,10-15H2,(H,22,23). The molecule has 6 nitrogen and oxygen atoms in total. The zero-order valence-electron chi connectivity index (χ0n) is 15.8. The molecular weight excluding hydrogens is 340 g/mol. The predicted octanol–water partition coefficient (Wildman–Crippen LogP) is 3.41. The van der Waals surface area contributed by atoms with Gasteiger partial charge in [-0.2, -0.15) is 0 Å². The number of imidazole rings is 1. The number of likely N-dealkylation sites (tertiary alicyclic amines) is 2. The first kappa shape index (κ1) is 18.0. The molecule has 1 aromatic carbocycles. The Balaban J connectivity index is 1.45. The highest BCUT2D eigenvalue weighted by Gasteiger charge is 2.30. The van der Waals surface area contributed by atoms with Crippen LogP contribution in [0.15, 0.2) is 24.3 Å². The summed E-state index contributed by atoms with van der Waals surface area (Å²) in [5.41, 5.74) is 1.96. The molecule has 1 aromatic heterocycles. The molecule has 6 heteroatoms. The number of amides is 2. The number of benzene rings is 1. The van der Waals surface area contributed by atoms with E-state index in [9.17, 15) is 9.59 Å². The average molecular weight is 368 g/mol. The van der Waals surface area contributed by atoms with Gasteiger partial charge in [0.05, 0.1) is 17.1 Å². The summed E-state index contributed by atoms with van der Waals surface area (Å²) in [4.78, 5) is 37.1. The lowest BCUT2D eigenvalue weighted by Crippen LogP contribution is -2.41. The van der Waals surface area contributed by atoms with E-state index in [2.05, 4.69) is 4.98 Å². The van der Waals surface area contributed by atoms with Gasteiger partial charge in [0, 0.05) is 32.5 Å². The molecule has 1 unspecified atom stereocenters. The molecule has 27 heavy (non-hydrogen) atoms. The zero-order chi connectivity index (χ0) is 18.6. The van der Waals surface area contributed by atoms with Crippen LogP contribution >= 0.6 is 0 Å². The van der Waals surface area contributed by atoms with Crippen LogP contribution in [0.3, 0.4) is 0 Å². The molecule has 2 fully saturated rings. The van der Waals surface area contributed by atoms with Crippen LogP contribution in [0.2, 0.25) is 0 Å². The zero-order valence-corrected chi connectivity index (χ0v) is 15.8. The maximum Gasteiger partial charge on any atom is 0.224 e. The highest BCUT2D eigenvalue weighted by atomic mass is 16.2. The van der Waals surface area contributed by atoms with E-state index in [0.29, 0.717) is 19.4 Å². The topological polar surface area (TPSA) is 69.3 Å². The largest absolute Gasteiger partial charge is 0.342 e. The monoisotopic (exact) mass is 368 g/mol. The number of nitrogens with one attached hydrogen (secondary N) is 1. The second-order valence-corrected chi connectivity index (χ2v) is 7.68. The summed E-state index contributed by atoms with van der Waals surface area (Å²) in [5.74, 6) is 1.22. The Bertz CT molecular complexity index is 782. The molecule has 0 radical (unpaired) electrons. The van der Waals surface area contributed by atoms with E-state index in [1.54, 1.807) is 0 Å². The summed E-state index contributed by atoms with van der Waals surface area (Å²) in [6.07, 6.45) is 7.24. The van der Waals surface area contributed by atoms with E-state index < -0.39 is 0 Å². The van der Waals surface area contributed by atoms with Gasteiger partial charge in [-0.3, -0.25) is 9.59 Å². The smallest absolute Gasteiger partial charge is 0.224 e. The summed E-state index contributed by atoms with van der Waals surface area (Å²) in [5, 5.41) is 0. The third kappa shape index (κ3) is 3.99. The number of aromatic nitrogens is 2. The molecule has 0 spiro atoms. The van der Waals surface area contributed by atoms with Crippen LogP contribution in [0, 0.1) is 0 Å². The van der Waals surface area contributed by atoms with Gasteiger partial charge in [0.25, 0.3) is 0 Å². The lowest BCUT2D eigenvalue weighted by atomic mass is 10.0. The van der Waals surface area contributed by atoms with Crippen LogP contribution in [0.1, 0.15) is 63.2 Å². The van der Waals surface area contributed by atoms with Crippen molar-refractivity contribution in [2.45, 2.75) is 57.4 Å². The van der Waals surface area contributed by atoms with Crippen molar-refractivity contribution in [3.63, 3.8) is 0 Å².